The Labute approximate surface area is 231 Å². The zero-order valence-corrected chi connectivity index (χ0v) is 22.4. The molecule has 1 heterocycles. The van der Waals surface area contributed by atoms with Crippen molar-refractivity contribution in [2.24, 2.45) is 0 Å². The molecule has 202 valence electrons. The van der Waals surface area contributed by atoms with Crippen molar-refractivity contribution in [3.8, 4) is 11.1 Å². The summed E-state index contributed by atoms with van der Waals surface area (Å²) in [5.74, 6) is -2.10. The highest BCUT2D eigenvalue weighted by molar-refractivity contribution is 5.99. The molecule has 4 aromatic carbocycles. The van der Waals surface area contributed by atoms with Crippen molar-refractivity contribution in [1.29, 1.82) is 0 Å². The Morgan fingerprint density at radius 3 is 2.15 bits per heavy atom. The van der Waals surface area contributed by atoms with Crippen LogP contribution in [0.1, 0.15) is 45.7 Å². The van der Waals surface area contributed by atoms with Gasteiger partial charge in [-0.15, -0.1) is 0 Å². The smallest absolute Gasteiger partial charge is 0.346 e. The fraction of sp³-hybridized carbons (Fsp3) is 0.152. The molecule has 0 saturated carbocycles. The molecule has 5 rings (SSSR count). The number of aryl methyl sites for hydroxylation is 1. The topological polar surface area (TPSA) is 68.2 Å². The molecule has 0 aliphatic heterocycles. The second-order valence-corrected chi connectivity index (χ2v) is 9.54. The van der Waals surface area contributed by atoms with Gasteiger partial charge in [-0.3, -0.25) is 4.79 Å². The number of nitrogens with zero attached hydrogens (tertiary/aromatic N) is 1. The van der Waals surface area contributed by atoms with Gasteiger partial charge >= 0.3 is 6.15 Å². The van der Waals surface area contributed by atoms with Crippen LogP contribution in [0.15, 0.2) is 91.0 Å². The van der Waals surface area contributed by atoms with E-state index < -0.39 is 17.7 Å². The zero-order chi connectivity index (χ0) is 28.8. The van der Waals surface area contributed by atoms with Gasteiger partial charge in [0.25, 0.3) is 5.91 Å². The summed E-state index contributed by atoms with van der Waals surface area (Å²) in [6.07, 6.45) is 0.250. The van der Waals surface area contributed by atoms with Crippen LogP contribution in [-0.2, 0) is 16.1 Å². The summed E-state index contributed by atoms with van der Waals surface area (Å²) in [6.45, 7) is 6.64. The van der Waals surface area contributed by atoms with Crippen molar-refractivity contribution in [2.75, 3.05) is 0 Å². The number of hydrogen-bond acceptors (Lipinski definition) is 3. The molecular weight excluding hydrogens is 510 g/mol. The average molecular weight is 539 g/mol. The van der Waals surface area contributed by atoms with Gasteiger partial charge in [0.05, 0.1) is 6.04 Å². The standard InChI is InChI=1S/C32H28F2N2O.CO2/c1-20-22(3)36(19-23-9-11-25(12-10-23)24-7-5-4-6-8-24)31-16-14-27(17-28(20)31)32(37)35-21(2)26-13-15-29(33)30(34)18-26;2-1-3/h4-18,21H,19H2,1-3H3,(H,35,37);/t21-;/m0./s1. The van der Waals surface area contributed by atoms with E-state index in [0.717, 1.165) is 40.8 Å². The second kappa shape index (κ2) is 12.3. The molecule has 1 N–H and O–H groups in total. The summed E-state index contributed by atoms with van der Waals surface area (Å²) in [5, 5.41) is 3.91. The monoisotopic (exact) mass is 538 g/mol. The van der Waals surface area contributed by atoms with Crippen molar-refractivity contribution >= 4 is 23.0 Å². The third-order valence-corrected chi connectivity index (χ3v) is 7.09. The maximum atomic E-state index is 13.6. The highest BCUT2D eigenvalue weighted by atomic mass is 19.2. The van der Waals surface area contributed by atoms with E-state index in [4.69, 9.17) is 9.59 Å². The number of aromatic nitrogens is 1. The number of rotatable bonds is 6. The molecule has 1 atom stereocenters. The normalized spacial score (nSPS) is 11.3. The predicted octanol–water partition coefficient (Wildman–Crippen LogP) is 7.16. The number of benzene rings is 4. The SMILES string of the molecule is Cc1c(C)n(Cc2ccc(-c3ccccc3)cc2)c2ccc(C(=O)N[C@@H](C)c3ccc(F)c(F)c3)cc12.O=C=O. The van der Waals surface area contributed by atoms with Gasteiger partial charge in [-0.25, -0.2) is 8.78 Å². The van der Waals surface area contributed by atoms with Crippen LogP contribution in [0, 0.1) is 25.5 Å². The van der Waals surface area contributed by atoms with Crippen LogP contribution in [0.2, 0.25) is 0 Å². The number of halogens is 2. The van der Waals surface area contributed by atoms with Crippen LogP contribution in [0.5, 0.6) is 0 Å². The van der Waals surface area contributed by atoms with Crippen LogP contribution in [-0.4, -0.2) is 16.6 Å². The molecule has 0 unspecified atom stereocenters. The Morgan fingerprint density at radius 1 is 0.850 bits per heavy atom. The molecule has 0 aliphatic rings. The molecule has 5 nitrogen and oxygen atoms in total. The summed E-state index contributed by atoms with van der Waals surface area (Å²) < 4.78 is 29.2. The maximum absolute atomic E-state index is 13.6. The number of amides is 1. The fourth-order valence-corrected chi connectivity index (χ4v) is 4.76. The Balaban J connectivity index is 0.00000118. The van der Waals surface area contributed by atoms with Gasteiger partial charge in [0.1, 0.15) is 0 Å². The van der Waals surface area contributed by atoms with Crippen molar-refractivity contribution in [2.45, 2.75) is 33.4 Å². The number of carbonyl (C=O) groups is 1. The van der Waals surface area contributed by atoms with Crippen LogP contribution >= 0.6 is 0 Å². The van der Waals surface area contributed by atoms with Crippen LogP contribution < -0.4 is 5.32 Å². The van der Waals surface area contributed by atoms with E-state index in [-0.39, 0.29) is 12.1 Å². The van der Waals surface area contributed by atoms with E-state index in [9.17, 15) is 13.6 Å². The lowest BCUT2D eigenvalue weighted by Gasteiger charge is -2.15. The number of carbonyl (C=O) groups excluding carboxylic acids is 3. The van der Waals surface area contributed by atoms with Crippen LogP contribution in [0.3, 0.4) is 0 Å². The first-order valence-corrected chi connectivity index (χ1v) is 12.7. The Morgan fingerprint density at radius 2 is 1.50 bits per heavy atom. The first-order chi connectivity index (χ1) is 19.2. The first kappa shape index (κ1) is 28.1. The van der Waals surface area contributed by atoms with Gasteiger partial charge < -0.3 is 9.88 Å². The van der Waals surface area contributed by atoms with Gasteiger partial charge in [-0.05, 0) is 78.9 Å². The van der Waals surface area contributed by atoms with Gasteiger partial charge in [0, 0.05) is 28.7 Å². The zero-order valence-electron chi connectivity index (χ0n) is 22.4. The molecule has 1 aromatic heterocycles. The molecule has 0 spiro atoms. The molecule has 0 saturated heterocycles. The lowest BCUT2D eigenvalue weighted by Crippen LogP contribution is -2.26. The molecule has 5 aromatic rings. The summed E-state index contributed by atoms with van der Waals surface area (Å²) in [7, 11) is 0. The van der Waals surface area contributed by atoms with Gasteiger partial charge in [0.15, 0.2) is 11.6 Å². The summed E-state index contributed by atoms with van der Waals surface area (Å²) in [4.78, 5) is 29.2. The summed E-state index contributed by atoms with van der Waals surface area (Å²) >= 11 is 0. The van der Waals surface area contributed by atoms with Gasteiger partial charge in [-0.1, -0.05) is 60.7 Å². The predicted molar refractivity (Wildman–Crippen MR) is 150 cm³/mol. The highest BCUT2D eigenvalue weighted by Crippen LogP contribution is 2.28. The van der Waals surface area contributed by atoms with E-state index in [1.54, 1.807) is 6.92 Å². The van der Waals surface area contributed by atoms with E-state index >= 15 is 0 Å². The van der Waals surface area contributed by atoms with Gasteiger partial charge in [-0.2, -0.15) is 9.59 Å². The Kier molecular flexibility index (Phi) is 8.67. The number of nitrogens with one attached hydrogen (secondary N) is 1. The third-order valence-electron chi connectivity index (χ3n) is 7.09. The van der Waals surface area contributed by atoms with Crippen molar-refractivity contribution in [3.63, 3.8) is 0 Å². The molecule has 7 heteroatoms. The molecule has 1 amide bonds. The quantitative estimate of drug-likeness (QED) is 0.249. The molecule has 0 aliphatic carbocycles. The minimum atomic E-state index is -0.929. The van der Waals surface area contributed by atoms with Crippen molar-refractivity contribution in [3.05, 3.63) is 131 Å². The first-order valence-electron chi connectivity index (χ1n) is 12.7. The maximum Gasteiger partial charge on any atom is 0.373 e. The van der Waals surface area contributed by atoms with Crippen LogP contribution in [0.25, 0.3) is 22.0 Å². The number of fused-ring (bicyclic) bond motifs is 1. The summed E-state index contributed by atoms with van der Waals surface area (Å²) in [6, 6.07) is 27.8. The second-order valence-electron chi connectivity index (χ2n) is 9.54. The third kappa shape index (κ3) is 6.06. The van der Waals surface area contributed by atoms with E-state index in [1.165, 1.54) is 22.8 Å². The van der Waals surface area contributed by atoms with Crippen LogP contribution in [0.4, 0.5) is 8.78 Å². The van der Waals surface area contributed by atoms with Gasteiger partial charge in [0.2, 0.25) is 0 Å². The van der Waals surface area contributed by atoms with E-state index in [2.05, 4.69) is 60.1 Å². The van der Waals surface area contributed by atoms with Crippen molar-refractivity contribution < 1.29 is 23.2 Å². The fourth-order valence-electron chi connectivity index (χ4n) is 4.76. The molecular formula is C33H28F2N2O3. The summed E-state index contributed by atoms with van der Waals surface area (Å²) in [5.41, 5.74) is 7.93. The molecule has 0 fully saturated rings. The Hall–Kier alpha value is -4.87. The van der Waals surface area contributed by atoms with Crippen molar-refractivity contribution in [1.82, 2.24) is 9.88 Å². The largest absolute Gasteiger partial charge is 0.373 e. The Bertz CT molecular complexity index is 1690. The lowest BCUT2D eigenvalue weighted by atomic mass is 10.0. The molecule has 40 heavy (non-hydrogen) atoms. The minimum absolute atomic E-state index is 0.250. The van der Waals surface area contributed by atoms with E-state index in [0.29, 0.717) is 11.1 Å². The minimum Gasteiger partial charge on any atom is -0.346 e. The molecule has 0 radical (unpaired) electrons. The number of hydrogen-bond donors (Lipinski definition) is 1. The molecule has 0 bridgehead atoms. The lowest BCUT2D eigenvalue weighted by molar-refractivity contribution is -0.191. The highest BCUT2D eigenvalue weighted by Gasteiger charge is 2.17. The average Bonchev–Trinajstić information content (AvgIpc) is 3.20. The van der Waals surface area contributed by atoms with E-state index in [1.807, 2.05) is 36.4 Å².